The van der Waals surface area contributed by atoms with Gasteiger partial charge in [0.15, 0.2) is 5.13 Å². The van der Waals surface area contributed by atoms with Gasteiger partial charge in [-0.25, -0.2) is 4.98 Å². The van der Waals surface area contributed by atoms with Crippen molar-refractivity contribution in [3.05, 3.63) is 47.5 Å². The fraction of sp³-hybridized carbons (Fsp3) is 0.368. The number of anilines is 1. The molecule has 2 heterocycles. The van der Waals surface area contributed by atoms with Gasteiger partial charge in [-0.2, -0.15) is 0 Å². The second-order valence-corrected chi connectivity index (χ2v) is 7.68. The van der Waals surface area contributed by atoms with Gasteiger partial charge in [0, 0.05) is 11.6 Å². The normalized spacial score (nSPS) is 25.2. The second-order valence-electron chi connectivity index (χ2n) is 6.78. The summed E-state index contributed by atoms with van der Waals surface area (Å²) in [6.07, 6.45) is 3.84. The lowest BCUT2D eigenvalue weighted by Crippen LogP contribution is -2.38. The van der Waals surface area contributed by atoms with E-state index in [1.54, 1.807) is 11.6 Å². The summed E-state index contributed by atoms with van der Waals surface area (Å²) >= 11 is 1.30. The maximum Gasteiger partial charge on any atom is 0.246 e. The number of likely N-dealkylation sites (tertiary alicyclic amines) is 1. The van der Waals surface area contributed by atoms with Gasteiger partial charge in [-0.3, -0.25) is 19.3 Å². The Morgan fingerprint density at radius 3 is 2.65 bits per heavy atom. The van der Waals surface area contributed by atoms with Gasteiger partial charge in [0.2, 0.25) is 17.7 Å². The number of carbonyl (C=O) groups is 3. The van der Waals surface area contributed by atoms with Gasteiger partial charge in [-0.15, -0.1) is 11.3 Å². The number of nitrogens with zero attached hydrogens (tertiary/aromatic N) is 2. The molecule has 4 rings (SSSR count). The van der Waals surface area contributed by atoms with Crippen molar-refractivity contribution in [1.82, 2.24) is 9.88 Å². The van der Waals surface area contributed by atoms with E-state index in [9.17, 15) is 14.4 Å². The number of aromatic nitrogens is 1. The summed E-state index contributed by atoms with van der Waals surface area (Å²) in [5, 5.41) is 4.85. The molecule has 1 aromatic carbocycles. The second kappa shape index (κ2) is 6.99. The number of hydrogen-bond acceptors (Lipinski definition) is 5. The highest BCUT2D eigenvalue weighted by Crippen LogP contribution is 2.44. The Bertz CT molecular complexity index is 822. The Kier molecular flexibility index (Phi) is 4.55. The molecule has 1 saturated carbocycles. The Morgan fingerprint density at radius 2 is 1.92 bits per heavy atom. The Hall–Kier alpha value is -2.54. The summed E-state index contributed by atoms with van der Waals surface area (Å²) in [7, 11) is 0. The number of imide groups is 1. The highest BCUT2D eigenvalue weighted by Gasteiger charge is 2.50. The average molecular weight is 369 g/mol. The molecule has 1 aliphatic carbocycles. The molecule has 0 unspecified atom stereocenters. The first-order valence-corrected chi connectivity index (χ1v) is 9.61. The van der Waals surface area contributed by atoms with Crippen molar-refractivity contribution in [2.24, 2.45) is 11.8 Å². The summed E-state index contributed by atoms with van der Waals surface area (Å²) in [4.78, 5) is 42.7. The lowest BCUT2D eigenvalue weighted by molar-refractivity contribution is -0.142. The standard InChI is InChI=1S/C19H19N3O3S/c23-16(21-19-20-8-9-26-19)11-22-17(24)14-7-6-13(10-15(14)18(22)25)12-4-2-1-3-5-12/h1-5,8-9,13-15H,6-7,10-11H2,(H,20,21,23)/t13-,14+,15-/m1/s1. The molecule has 6 nitrogen and oxygen atoms in total. The van der Waals surface area contributed by atoms with Crippen molar-refractivity contribution >= 4 is 34.2 Å². The van der Waals surface area contributed by atoms with E-state index in [4.69, 9.17) is 0 Å². The summed E-state index contributed by atoms with van der Waals surface area (Å²) in [5.41, 5.74) is 1.21. The molecule has 1 aliphatic heterocycles. The van der Waals surface area contributed by atoms with Crippen LogP contribution >= 0.6 is 11.3 Å². The molecule has 3 amide bonds. The third-order valence-electron chi connectivity index (χ3n) is 5.27. The van der Waals surface area contributed by atoms with E-state index in [0.717, 1.165) is 11.3 Å². The first-order chi connectivity index (χ1) is 12.6. The van der Waals surface area contributed by atoms with Crippen molar-refractivity contribution in [2.45, 2.75) is 25.2 Å². The third kappa shape index (κ3) is 3.14. The third-order valence-corrected chi connectivity index (χ3v) is 5.96. The van der Waals surface area contributed by atoms with Crippen molar-refractivity contribution in [1.29, 1.82) is 0 Å². The highest BCUT2D eigenvalue weighted by atomic mass is 32.1. The van der Waals surface area contributed by atoms with Crippen molar-refractivity contribution in [3.8, 4) is 0 Å². The van der Waals surface area contributed by atoms with Gasteiger partial charge >= 0.3 is 0 Å². The number of hydrogen-bond donors (Lipinski definition) is 1. The first kappa shape index (κ1) is 16.9. The van der Waals surface area contributed by atoms with Gasteiger partial charge in [-0.05, 0) is 30.7 Å². The number of fused-ring (bicyclic) bond motifs is 1. The fourth-order valence-electron chi connectivity index (χ4n) is 4.02. The van der Waals surface area contributed by atoms with Crippen LogP contribution in [0.25, 0.3) is 0 Å². The molecule has 2 aliphatic rings. The van der Waals surface area contributed by atoms with Gasteiger partial charge in [0.1, 0.15) is 6.54 Å². The molecule has 134 valence electrons. The van der Waals surface area contributed by atoms with Crippen LogP contribution in [0.15, 0.2) is 41.9 Å². The molecular weight excluding hydrogens is 350 g/mol. The Morgan fingerprint density at radius 1 is 1.15 bits per heavy atom. The minimum atomic E-state index is -0.389. The molecule has 26 heavy (non-hydrogen) atoms. The van der Waals surface area contributed by atoms with Crippen LogP contribution < -0.4 is 5.32 Å². The van der Waals surface area contributed by atoms with E-state index in [2.05, 4.69) is 22.4 Å². The zero-order valence-corrected chi connectivity index (χ0v) is 14.9. The summed E-state index contributed by atoms with van der Waals surface area (Å²) < 4.78 is 0. The number of carbonyl (C=O) groups excluding carboxylic acids is 3. The van der Waals surface area contributed by atoms with Crippen LogP contribution in [0.3, 0.4) is 0 Å². The summed E-state index contributed by atoms with van der Waals surface area (Å²) in [6, 6.07) is 10.1. The van der Waals surface area contributed by atoms with Gasteiger partial charge in [0.05, 0.1) is 11.8 Å². The van der Waals surface area contributed by atoms with E-state index in [1.165, 1.54) is 16.9 Å². The quantitative estimate of drug-likeness (QED) is 0.841. The van der Waals surface area contributed by atoms with Crippen LogP contribution in [0.4, 0.5) is 5.13 Å². The molecule has 1 N–H and O–H groups in total. The highest BCUT2D eigenvalue weighted by molar-refractivity contribution is 7.13. The molecular formula is C19H19N3O3S. The molecule has 2 fully saturated rings. The van der Waals surface area contributed by atoms with Crippen LogP contribution in [0.2, 0.25) is 0 Å². The maximum atomic E-state index is 12.8. The maximum absolute atomic E-state index is 12.8. The fourth-order valence-corrected chi connectivity index (χ4v) is 4.56. The largest absolute Gasteiger partial charge is 0.300 e. The summed E-state index contributed by atoms with van der Waals surface area (Å²) in [5.74, 6) is -1.11. The molecule has 1 aromatic heterocycles. The van der Waals surface area contributed by atoms with Gasteiger partial charge in [0.25, 0.3) is 0 Å². The smallest absolute Gasteiger partial charge is 0.246 e. The zero-order chi connectivity index (χ0) is 18.1. The SMILES string of the molecule is O=C(CN1C(=O)[C@H]2CC[C@@H](c3ccccc3)C[C@H]2C1=O)Nc1nccs1. The molecule has 3 atom stereocenters. The molecule has 0 spiro atoms. The average Bonchev–Trinajstić information content (AvgIpc) is 3.25. The topological polar surface area (TPSA) is 79.4 Å². The minimum absolute atomic E-state index is 0.208. The predicted octanol–water partition coefficient (Wildman–Crippen LogP) is 2.65. The van der Waals surface area contributed by atoms with E-state index in [0.29, 0.717) is 23.9 Å². The molecule has 0 bridgehead atoms. The Labute approximate surface area is 155 Å². The van der Waals surface area contributed by atoms with E-state index in [-0.39, 0.29) is 36.1 Å². The predicted molar refractivity (Wildman–Crippen MR) is 97.5 cm³/mol. The zero-order valence-electron chi connectivity index (χ0n) is 14.1. The molecule has 0 radical (unpaired) electrons. The first-order valence-electron chi connectivity index (χ1n) is 8.73. The molecule has 2 aromatic rings. The van der Waals surface area contributed by atoms with E-state index >= 15 is 0 Å². The molecule has 7 heteroatoms. The lowest BCUT2D eigenvalue weighted by Gasteiger charge is -2.28. The van der Waals surface area contributed by atoms with E-state index in [1.807, 2.05) is 18.2 Å². The number of rotatable bonds is 4. The van der Waals surface area contributed by atoms with Crippen molar-refractivity contribution < 1.29 is 14.4 Å². The van der Waals surface area contributed by atoms with Crippen LogP contribution in [-0.4, -0.2) is 34.2 Å². The lowest BCUT2D eigenvalue weighted by atomic mass is 9.73. The number of thiazole rings is 1. The van der Waals surface area contributed by atoms with E-state index < -0.39 is 0 Å². The number of amides is 3. The van der Waals surface area contributed by atoms with Crippen LogP contribution in [0.5, 0.6) is 0 Å². The summed E-state index contributed by atoms with van der Waals surface area (Å²) in [6.45, 7) is -0.236. The number of nitrogens with one attached hydrogen (secondary N) is 1. The monoisotopic (exact) mass is 369 g/mol. The van der Waals surface area contributed by atoms with Gasteiger partial charge < -0.3 is 5.32 Å². The van der Waals surface area contributed by atoms with Gasteiger partial charge in [-0.1, -0.05) is 30.3 Å². The Balaban J connectivity index is 1.44. The van der Waals surface area contributed by atoms with Crippen LogP contribution in [0.1, 0.15) is 30.7 Å². The van der Waals surface area contributed by atoms with Crippen LogP contribution in [-0.2, 0) is 14.4 Å². The number of benzene rings is 1. The van der Waals surface area contributed by atoms with Crippen LogP contribution in [0, 0.1) is 11.8 Å². The molecule has 1 saturated heterocycles. The minimum Gasteiger partial charge on any atom is -0.300 e. The van der Waals surface area contributed by atoms with Crippen molar-refractivity contribution in [2.75, 3.05) is 11.9 Å². The van der Waals surface area contributed by atoms with Crippen molar-refractivity contribution in [3.63, 3.8) is 0 Å².